The van der Waals surface area contributed by atoms with Gasteiger partial charge in [0.1, 0.15) is 25.5 Å². The van der Waals surface area contributed by atoms with Crippen LogP contribution in [0.5, 0.6) is 5.75 Å². The van der Waals surface area contributed by atoms with Gasteiger partial charge in [0, 0.05) is 11.1 Å². The van der Waals surface area contributed by atoms with Gasteiger partial charge in [-0.25, -0.2) is 0 Å². The molecule has 160 valence electrons. The Kier molecular flexibility index (Phi) is 7.67. The van der Waals surface area contributed by atoms with Crippen LogP contribution in [-0.2, 0) is 22.3 Å². The van der Waals surface area contributed by atoms with E-state index in [2.05, 4.69) is 71.0 Å². The second kappa shape index (κ2) is 9.80. The summed E-state index contributed by atoms with van der Waals surface area (Å²) >= 11 is 0. The molecule has 0 bridgehead atoms. The standard InChI is InChI=1S/C26H34N2O2/c1-8-25(3,4)20-14-15-24(22(16-20)26(5,6)9-2)30-18-19-12-10-11-13-21(19)23(17-27)28-29-7/h10-16H,8-9,18H2,1-7H3/b28-23-. The molecule has 0 heterocycles. The SMILES string of the molecule is CCC(C)(C)c1ccc(OCc2ccccc2/C(C#N)=N\OC)c(C(C)(C)CC)c1. The summed E-state index contributed by atoms with van der Waals surface area (Å²) in [7, 11) is 1.44. The first-order valence-corrected chi connectivity index (χ1v) is 10.6. The van der Waals surface area contributed by atoms with Gasteiger partial charge in [-0.1, -0.05) is 83.1 Å². The van der Waals surface area contributed by atoms with E-state index in [0.29, 0.717) is 6.61 Å². The molecular formula is C26H34N2O2. The summed E-state index contributed by atoms with van der Waals surface area (Å²) in [5.74, 6) is 0.884. The fourth-order valence-electron chi connectivity index (χ4n) is 3.25. The first kappa shape index (κ1) is 23.5. The van der Waals surface area contributed by atoms with E-state index in [1.54, 1.807) is 0 Å². The molecule has 0 saturated carbocycles. The van der Waals surface area contributed by atoms with Gasteiger partial charge in [0.15, 0.2) is 5.71 Å². The van der Waals surface area contributed by atoms with E-state index in [9.17, 15) is 5.26 Å². The molecule has 0 aliphatic carbocycles. The minimum absolute atomic E-state index is 0.00991. The Hall–Kier alpha value is -2.80. The molecule has 0 spiro atoms. The molecule has 0 atom stereocenters. The van der Waals surface area contributed by atoms with Gasteiger partial charge in [-0.2, -0.15) is 5.26 Å². The van der Waals surface area contributed by atoms with E-state index in [1.165, 1.54) is 18.2 Å². The lowest BCUT2D eigenvalue weighted by Gasteiger charge is -2.30. The number of nitrogens with zero attached hydrogens (tertiary/aromatic N) is 2. The second-order valence-corrected chi connectivity index (χ2v) is 8.87. The summed E-state index contributed by atoms with van der Waals surface area (Å²) < 4.78 is 6.32. The first-order valence-electron chi connectivity index (χ1n) is 10.6. The maximum atomic E-state index is 9.43. The molecule has 0 fully saturated rings. The van der Waals surface area contributed by atoms with Crippen molar-refractivity contribution in [1.29, 1.82) is 5.26 Å². The Balaban J connectivity index is 2.43. The topological polar surface area (TPSA) is 54.6 Å². The number of oxime groups is 1. The summed E-state index contributed by atoms with van der Waals surface area (Å²) in [5.41, 5.74) is 4.51. The van der Waals surface area contributed by atoms with Crippen molar-refractivity contribution in [3.63, 3.8) is 0 Å². The van der Waals surface area contributed by atoms with Crippen LogP contribution >= 0.6 is 0 Å². The van der Waals surface area contributed by atoms with E-state index < -0.39 is 0 Å². The van der Waals surface area contributed by atoms with E-state index in [1.807, 2.05) is 24.3 Å². The number of nitriles is 1. The molecule has 0 aromatic heterocycles. The van der Waals surface area contributed by atoms with Gasteiger partial charge in [-0.15, -0.1) is 0 Å². The molecular weight excluding hydrogens is 372 g/mol. The number of hydrogen-bond acceptors (Lipinski definition) is 4. The fourth-order valence-corrected chi connectivity index (χ4v) is 3.25. The lowest BCUT2D eigenvalue weighted by molar-refractivity contribution is 0.214. The van der Waals surface area contributed by atoms with Crippen molar-refractivity contribution in [1.82, 2.24) is 0 Å². The average molecular weight is 407 g/mol. The molecule has 2 aromatic carbocycles. The maximum Gasteiger partial charge on any atom is 0.187 e. The van der Waals surface area contributed by atoms with Gasteiger partial charge in [0.2, 0.25) is 0 Å². The number of benzene rings is 2. The van der Waals surface area contributed by atoms with Gasteiger partial charge in [-0.05, 0) is 40.9 Å². The molecule has 0 radical (unpaired) electrons. The third kappa shape index (κ3) is 5.21. The van der Waals surface area contributed by atoms with Gasteiger partial charge in [0.05, 0.1) is 0 Å². The minimum atomic E-state index is -0.00991. The Morgan fingerprint density at radius 2 is 1.67 bits per heavy atom. The van der Waals surface area contributed by atoms with Crippen LogP contribution in [0.15, 0.2) is 47.6 Å². The van der Waals surface area contributed by atoms with Crippen LogP contribution in [-0.4, -0.2) is 12.8 Å². The predicted octanol–water partition coefficient (Wildman–Crippen LogP) is 6.51. The minimum Gasteiger partial charge on any atom is -0.489 e. The van der Waals surface area contributed by atoms with Crippen molar-refractivity contribution in [3.05, 3.63) is 64.7 Å². The molecule has 2 rings (SSSR count). The van der Waals surface area contributed by atoms with Crippen molar-refractivity contribution in [2.75, 3.05) is 7.11 Å². The zero-order chi connectivity index (χ0) is 22.4. The van der Waals surface area contributed by atoms with Crippen LogP contribution < -0.4 is 4.74 Å². The van der Waals surface area contributed by atoms with Gasteiger partial charge >= 0.3 is 0 Å². The highest BCUT2D eigenvalue weighted by Crippen LogP contribution is 2.38. The molecule has 4 heteroatoms. The highest BCUT2D eigenvalue weighted by molar-refractivity contribution is 6.12. The lowest BCUT2D eigenvalue weighted by atomic mass is 9.76. The van der Waals surface area contributed by atoms with Gasteiger partial charge < -0.3 is 9.57 Å². The van der Waals surface area contributed by atoms with Crippen molar-refractivity contribution in [3.8, 4) is 11.8 Å². The van der Waals surface area contributed by atoms with Crippen molar-refractivity contribution in [2.45, 2.75) is 71.8 Å². The molecule has 0 saturated heterocycles. The summed E-state index contributed by atoms with van der Waals surface area (Å²) in [6, 6.07) is 16.3. The Morgan fingerprint density at radius 1 is 1.00 bits per heavy atom. The third-order valence-electron chi connectivity index (χ3n) is 6.20. The monoisotopic (exact) mass is 406 g/mol. The smallest absolute Gasteiger partial charge is 0.187 e. The van der Waals surface area contributed by atoms with Gasteiger partial charge in [-0.3, -0.25) is 0 Å². The van der Waals surface area contributed by atoms with Crippen LogP contribution in [0, 0.1) is 11.3 Å². The quantitative estimate of drug-likeness (QED) is 0.352. The van der Waals surface area contributed by atoms with E-state index in [0.717, 1.165) is 29.7 Å². The fraction of sp³-hybridized carbons (Fsp3) is 0.462. The maximum absolute atomic E-state index is 9.43. The Labute approximate surface area is 181 Å². The van der Waals surface area contributed by atoms with Crippen LogP contribution in [0.2, 0.25) is 0 Å². The van der Waals surface area contributed by atoms with Crippen LogP contribution in [0.1, 0.15) is 76.6 Å². The molecule has 4 nitrogen and oxygen atoms in total. The zero-order valence-electron chi connectivity index (χ0n) is 19.4. The van der Waals surface area contributed by atoms with Crippen molar-refractivity contribution in [2.24, 2.45) is 5.16 Å². The zero-order valence-corrected chi connectivity index (χ0v) is 19.4. The first-order chi connectivity index (χ1) is 14.2. The summed E-state index contributed by atoms with van der Waals surface area (Å²) in [6.45, 7) is 13.8. The molecule has 2 aromatic rings. The largest absolute Gasteiger partial charge is 0.489 e. The number of hydrogen-bond donors (Lipinski definition) is 0. The van der Waals surface area contributed by atoms with Crippen LogP contribution in [0.3, 0.4) is 0 Å². The molecule has 0 aliphatic rings. The van der Waals surface area contributed by atoms with Crippen LogP contribution in [0.25, 0.3) is 0 Å². The van der Waals surface area contributed by atoms with Crippen molar-refractivity contribution >= 4 is 5.71 Å². The average Bonchev–Trinajstić information content (AvgIpc) is 2.76. The van der Waals surface area contributed by atoms with E-state index in [4.69, 9.17) is 9.57 Å². The van der Waals surface area contributed by atoms with Crippen molar-refractivity contribution < 1.29 is 9.57 Å². The normalized spacial score (nSPS) is 12.4. The highest BCUT2D eigenvalue weighted by Gasteiger charge is 2.26. The van der Waals surface area contributed by atoms with Crippen LogP contribution in [0.4, 0.5) is 0 Å². The highest BCUT2D eigenvalue weighted by atomic mass is 16.6. The summed E-state index contributed by atoms with van der Waals surface area (Å²) in [6.07, 6.45) is 2.08. The molecule has 0 amide bonds. The van der Waals surface area contributed by atoms with E-state index in [-0.39, 0.29) is 16.5 Å². The number of ether oxygens (including phenoxy) is 1. The summed E-state index contributed by atoms with van der Waals surface area (Å²) in [5, 5.41) is 13.3. The Bertz CT molecular complexity index is 936. The molecule has 30 heavy (non-hydrogen) atoms. The molecule has 0 aliphatic heterocycles. The molecule has 0 N–H and O–H groups in total. The van der Waals surface area contributed by atoms with Gasteiger partial charge in [0.25, 0.3) is 0 Å². The lowest BCUT2D eigenvalue weighted by Crippen LogP contribution is -2.21. The Morgan fingerprint density at radius 3 is 2.27 bits per heavy atom. The second-order valence-electron chi connectivity index (χ2n) is 8.87. The summed E-state index contributed by atoms with van der Waals surface area (Å²) in [4.78, 5) is 4.83. The third-order valence-corrected chi connectivity index (χ3v) is 6.20. The predicted molar refractivity (Wildman–Crippen MR) is 123 cm³/mol. The van der Waals surface area contributed by atoms with E-state index >= 15 is 0 Å². The number of rotatable bonds is 9. The molecule has 0 unspecified atom stereocenters.